The number of methoxy groups -OCH3 is 1. The minimum Gasteiger partial charge on any atom is -0.468 e. The highest BCUT2D eigenvalue weighted by Gasteiger charge is 2.19. The number of rotatable bonds is 9. The van der Waals surface area contributed by atoms with Crippen LogP contribution in [0.25, 0.3) is 0 Å². The van der Waals surface area contributed by atoms with Crippen molar-refractivity contribution in [3.8, 4) is 0 Å². The Bertz CT molecular complexity index is 1130. The van der Waals surface area contributed by atoms with Gasteiger partial charge in [0.05, 0.1) is 23.3 Å². The smallest absolute Gasteiger partial charge is 0.325 e. The summed E-state index contributed by atoms with van der Waals surface area (Å²) in [5, 5.41) is 2.40. The summed E-state index contributed by atoms with van der Waals surface area (Å²) < 4.78 is 57.8. The summed E-state index contributed by atoms with van der Waals surface area (Å²) in [7, 11) is -5.39. The summed E-state index contributed by atoms with van der Waals surface area (Å²) in [6, 6.07) is 11.0. The Morgan fingerprint density at radius 1 is 0.933 bits per heavy atom. The SMILES string of the molecule is CNS(=O)(=O)c1cccc(S(=O)(=O)Nc2ccc(CC(=O)NCC(=O)OC)cc2)c1. The van der Waals surface area contributed by atoms with E-state index in [4.69, 9.17) is 0 Å². The zero-order chi connectivity index (χ0) is 22.4. The number of nitrogens with one attached hydrogen (secondary N) is 3. The molecule has 0 aliphatic carbocycles. The molecule has 0 radical (unpaired) electrons. The fourth-order valence-corrected chi connectivity index (χ4v) is 4.28. The van der Waals surface area contributed by atoms with E-state index in [1.165, 1.54) is 44.5 Å². The van der Waals surface area contributed by atoms with Crippen molar-refractivity contribution in [3.05, 3.63) is 54.1 Å². The van der Waals surface area contributed by atoms with Crippen LogP contribution in [-0.2, 0) is 40.8 Å². The normalized spacial score (nSPS) is 11.5. The second kappa shape index (κ2) is 9.69. The van der Waals surface area contributed by atoms with Gasteiger partial charge in [-0.05, 0) is 42.9 Å². The second-order valence-electron chi connectivity index (χ2n) is 6.01. The molecule has 2 rings (SSSR count). The van der Waals surface area contributed by atoms with Gasteiger partial charge in [0.25, 0.3) is 10.0 Å². The first-order chi connectivity index (χ1) is 14.1. The Balaban J connectivity index is 2.09. The summed E-state index contributed by atoms with van der Waals surface area (Å²) in [5.74, 6) is -0.962. The number of ether oxygens (including phenoxy) is 1. The second-order valence-corrected chi connectivity index (χ2v) is 9.58. The van der Waals surface area contributed by atoms with Crippen LogP contribution >= 0.6 is 0 Å². The lowest BCUT2D eigenvalue weighted by atomic mass is 10.1. The Kier molecular flexibility index (Phi) is 7.54. The number of hydrogen-bond donors (Lipinski definition) is 3. The number of sulfonamides is 2. The lowest BCUT2D eigenvalue weighted by molar-refractivity contribution is -0.141. The van der Waals surface area contributed by atoms with Gasteiger partial charge in [0.2, 0.25) is 15.9 Å². The van der Waals surface area contributed by atoms with E-state index in [2.05, 4.69) is 19.5 Å². The Morgan fingerprint density at radius 3 is 2.10 bits per heavy atom. The standard InChI is InChI=1S/C18H21N3O7S2/c1-19-29(24,25)15-4-3-5-16(11-15)30(26,27)21-14-8-6-13(7-9-14)10-17(22)20-12-18(23)28-2/h3-9,11,19,21H,10,12H2,1-2H3,(H,20,22). The lowest BCUT2D eigenvalue weighted by Crippen LogP contribution is -2.31. The average molecular weight is 456 g/mol. The predicted octanol–water partition coefficient (Wildman–Crippen LogP) is 0.227. The summed E-state index contributed by atoms with van der Waals surface area (Å²) in [4.78, 5) is 22.4. The van der Waals surface area contributed by atoms with E-state index in [1.807, 2.05) is 0 Å². The molecule has 1 amide bonds. The monoisotopic (exact) mass is 455 g/mol. The molecule has 0 fully saturated rings. The van der Waals surface area contributed by atoms with E-state index in [1.54, 1.807) is 12.1 Å². The van der Waals surface area contributed by atoms with E-state index in [0.29, 0.717) is 5.56 Å². The largest absolute Gasteiger partial charge is 0.468 e. The van der Waals surface area contributed by atoms with Gasteiger partial charge < -0.3 is 10.1 Å². The van der Waals surface area contributed by atoms with Crippen LogP contribution in [0.15, 0.2) is 58.3 Å². The van der Waals surface area contributed by atoms with E-state index in [-0.39, 0.29) is 28.4 Å². The highest BCUT2D eigenvalue weighted by Crippen LogP contribution is 2.19. The van der Waals surface area contributed by atoms with E-state index >= 15 is 0 Å². The van der Waals surface area contributed by atoms with Crippen molar-refractivity contribution in [2.45, 2.75) is 16.2 Å². The fraction of sp³-hybridized carbons (Fsp3) is 0.222. The highest BCUT2D eigenvalue weighted by molar-refractivity contribution is 7.93. The molecule has 0 aliphatic heterocycles. The van der Waals surface area contributed by atoms with Crippen LogP contribution in [0.2, 0.25) is 0 Å². The Hall–Kier alpha value is -2.96. The number of amides is 1. The van der Waals surface area contributed by atoms with E-state index < -0.39 is 31.9 Å². The number of esters is 1. The van der Waals surface area contributed by atoms with Gasteiger partial charge in [-0.25, -0.2) is 21.6 Å². The Morgan fingerprint density at radius 2 is 1.53 bits per heavy atom. The summed E-state index contributed by atoms with van der Waals surface area (Å²) in [6.45, 7) is -0.241. The third-order valence-corrected chi connectivity index (χ3v) is 6.71. The molecule has 10 nitrogen and oxygen atoms in total. The maximum absolute atomic E-state index is 12.6. The van der Waals surface area contributed by atoms with Crippen LogP contribution in [0.5, 0.6) is 0 Å². The van der Waals surface area contributed by atoms with Gasteiger partial charge in [-0.2, -0.15) is 0 Å². The van der Waals surface area contributed by atoms with Crippen LogP contribution in [-0.4, -0.2) is 49.4 Å². The molecule has 0 bridgehead atoms. The average Bonchev–Trinajstić information content (AvgIpc) is 2.73. The Labute approximate surface area is 174 Å². The van der Waals surface area contributed by atoms with Gasteiger partial charge in [0.1, 0.15) is 6.54 Å². The van der Waals surface area contributed by atoms with Gasteiger partial charge >= 0.3 is 5.97 Å². The molecule has 0 saturated carbocycles. The maximum Gasteiger partial charge on any atom is 0.325 e. The number of carbonyl (C=O) groups excluding carboxylic acids is 2. The molecule has 0 heterocycles. The first kappa shape index (κ1) is 23.3. The molecule has 2 aromatic carbocycles. The molecule has 30 heavy (non-hydrogen) atoms. The topological polar surface area (TPSA) is 148 Å². The van der Waals surface area contributed by atoms with Gasteiger partial charge in [0.15, 0.2) is 0 Å². The summed E-state index contributed by atoms with van der Waals surface area (Å²) >= 11 is 0. The number of benzene rings is 2. The van der Waals surface area contributed by atoms with Crippen molar-refractivity contribution in [1.82, 2.24) is 10.0 Å². The number of anilines is 1. The van der Waals surface area contributed by atoms with Crippen LogP contribution in [0.3, 0.4) is 0 Å². The zero-order valence-electron chi connectivity index (χ0n) is 16.2. The van der Waals surface area contributed by atoms with Crippen molar-refractivity contribution in [2.24, 2.45) is 0 Å². The molecule has 2 aromatic rings. The molecule has 0 aromatic heterocycles. The first-order valence-electron chi connectivity index (χ1n) is 8.56. The zero-order valence-corrected chi connectivity index (χ0v) is 17.8. The van der Waals surface area contributed by atoms with Crippen LogP contribution in [0, 0.1) is 0 Å². The minimum absolute atomic E-state index is 0.00601. The molecular weight excluding hydrogens is 434 g/mol. The third kappa shape index (κ3) is 6.27. The van der Waals surface area contributed by atoms with Gasteiger partial charge in [0, 0.05) is 5.69 Å². The van der Waals surface area contributed by atoms with Crippen LogP contribution < -0.4 is 14.8 Å². The highest BCUT2D eigenvalue weighted by atomic mass is 32.2. The van der Waals surface area contributed by atoms with Crippen molar-refractivity contribution in [1.29, 1.82) is 0 Å². The van der Waals surface area contributed by atoms with Crippen molar-refractivity contribution >= 4 is 37.6 Å². The minimum atomic E-state index is -4.03. The molecule has 0 unspecified atom stereocenters. The maximum atomic E-state index is 12.6. The van der Waals surface area contributed by atoms with E-state index in [9.17, 15) is 26.4 Å². The lowest BCUT2D eigenvalue weighted by Gasteiger charge is -2.10. The van der Waals surface area contributed by atoms with Gasteiger partial charge in [-0.15, -0.1) is 0 Å². The predicted molar refractivity (Wildman–Crippen MR) is 109 cm³/mol. The quantitative estimate of drug-likeness (QED) is 0.458. The van der Waals surface area contributed by atoms with E-state index in [0.717, 1.165) is 6.07 Å². The molecule has 0 atom stereocenters. The molecule has 12 heteroatoms. The molecule has 0 saturated heterocycles. The number of hydrogen-bond acceptors (Lipinski definition) is 7. The van der Waals surface area contributed by atoms with Crippen LogP contribution in [0.1, 0.15) is 5.56 Å². The summed E-state index contributed by atoms with van der Waals surface area (Å²) in [6.07, 6.45) is -0.00601. The van der Waals surface area contributed by atoms with Crippen molar-refractivity contribution in [2.75, 3.05) is 25.4 Å². The van der Waals surface area contributed by atoms with Gasteiger partial charge in [-0.1, -0.05) is 18.2 Å². The molecule has 0 spiro atoms. The first-order valence-corrected chi connectivity index (χ1v) is 11.5. The molecule has 0 aliphatic rings. The van der Waals surface area contributed by atoms with Gasteiger partial charge in [-0.3, -0.25) is 14.3 Å². The van der Waals surface area contributed by atoms with Crippen molar-refractivity contribution < 1.29 is 31.2 Å². The molecule has 162 valence electrons. The van der Waals surface area contributed by atoms with Crippen LogP contribution in [0.4, 0.5) is 5.69 Å². The third-order valence-electron chi connectivity index (χ3n) is 3.92. The molecule has 3 N–H and O–H groups in total. The van der Waals surface area contributed by atoms with Crippen molar-refractivity contribution in [3.63, 3.8) is 0 Å². The number of carbonyl (C=O) groups is 2. The summed E-state index contributed by atoms with van der Waals surface area (Å²) in [5.41, 5.74) is 0.832. The fourth-order valence-electron chi connectivity index (χ4n) is 2.32. The molecular formula is C18H21N3O7S2.